The molecule has 1 aromatic rings. The molecule has 1 atom stereocenters. The van der Waals surface area contributed by atoms with Crippen LogP contribution in [0.3, 0.4) is 0 Å². The number of halogens is 1. The third kappa shape index (κ3) is 3.28. The summed E-state index contributed by atoms with van der Waals surface area (Å²) < 4.78 is 5.73. The van der Waals surface area contributed by atoms with Crippen molar-refractivity contribution >= 4 is 17.6 Å². The first kappa shape index (κ1) is 14.4. The Kier molecular flexibility index (Phi) is 3.88. The van der Waals surface area contributed by atoms with E-state index in [9.17, 15) is 9.90 Å². The second-order valence-corrected chi connectivity index (χ2v) is 6.33. The van der Waals surface area contributed by atoms with Gasteiger partial charge in [-0.3, -0.25) is 4.79 Å². The number of carboxylic acids is 1. The molecule has 0 unspecified atom stereocenters. The molecule has 1 heterocycles. The quantitative estimate of drug-likeness (QED) is 0.921. The fourth-order valence-electron chi connectivity index (χ4n) is 3.07. The molecule has 0 saturated carbocycles. The molecule has 1 aromatic carbocycles. The number of carboxylic acid groups (broad SMARTS) is 1. The van der Waals surface area contributed by atoms with Crippen molar-refractivity contribution in [1.82, 2.24) is 0 Å². The van der Waals surface area contributed by atoms with Crippen LogP contribution in [-0.2, 0) is 14.9 Å². The Morgan fingerprint density at radius 3 is 2.53 bits per heavy atom. The van der Waals surface area contributed by atoms with Crippen molar-refractivity contribution in [1.29, 1.82) is 0 Å². The molecule has 1 fully saturated rings. The molecule has 0 amide bonds. The van der Waals surface area contributed by atoms with Crippen LogP contribution in [0.4, 0.5) is 0 Å². The van der Waals surface area contributed by atoms with Crippen LogP contribution in [0.2, 0.25) is 5.02 Å². The van der Waals surface area contributed by atoms with E-state index < -0.39 is 5.97 Å². The zero-order valence-corrected chi connectivity index (χ0v) is 12.0. The maximum atomic E-state index is 11.3. The third-order valence-electron chi connectivity index (χ3n) is 3.78. The highest BCUT2D eigenvalue weighted by atomic mass is 35.5. The summed E-state index contributed by atoms with van der Waals surface area (Å²) in [6, 6.07) is 7.52. The van der Waals surface area contributed by atoms with Gasteiger partial charge in [-0.2, -0.15) is 0 Å². The monoisotopic (exact) mass is 282 g/mol. The molecule has 0 bridgehead atoms. The number of aliphatic carboxylic acids is 1. The predicted octanol–water partition coefficient (Wildman–Crippen LogP) is 3.64. The average molecular weight is 283 g/mol. The third-order valence-corrected chi connectivity index (χ3v) is 4.04. The van der Waals surface area contributed by atoms with E-state index in [1.165, 1.54) is 0 Å². The van der Waals surface area contributed by atoms with Gasteiger partial charge < -0.3 is 9.84 Å². The van der Waals surface area contributed by atoms with E-state index in [0.717, 1.165) is 12.0 Å². The summed E-state index contributed by atoms with van der Waals surface area (Å²) in [4.78, 5) is 11.3. The molecule has 104 valence electrons. The normalized spacial score (nSPS) is 26.1. The maximum Gasteiger partial charge on any atom is 0.304 e. The van der Waals surface area contributed by atoms with Crippen LogP contribution < -0.4 is 0 Å². The van der Waals surface area contributed by atoms with E-state index in [0.29, 0.717) is 18.1 Å². The Bertz CT molecular complexity index is 467. The summed E-state index contributed by atoms with van der Waals surface area (Å²) in [6.45, 7) is 4.61. The summed E-state index contributed by atoms with van der Waals surface area (Å²) >= 11 is 5.92. The van der Waals surface area contributed by atoms with Crippen LogP contribution in [0, 0.1) is 0 Å². The number of ether oxygens (including phenoxy) is 1. The zero-order chi connectivity index (χ0) is 14.1. The van der Waals surface area contributed by atoms with Crippen molar-refractivity contribution in [2.45, 2.75) is 44.1 Å². The molecule has 4 heteroatoms. The minimum atomic E-state index is -0.771. The summed E-state index contributed by atoms with van der Waals surface area (Å²) in [7, 11) is 0. The summed E-state index contributed by atoms with van der Waals surface area (Å²) in [6.07, 6.45) is 1.56. The van der Waals surface area contributed by atoms with E-state index in [2.05, 4.69) is 0 Å². The van der Waals surface area contributed by atoms with Crippen molar-refractivity contribution in [3.8, 4) is 0 Å². The summed E-state index contributed by atoms with van der Waals surface area (Å²) in [5.41, 5.74) is 0.376. The fraction of sp³-hybridized carbons (Fsp3) is 0.533. The smallest absolute Gasteiger partial charge is 0.304 e. The molecular weight excluding hydrogens is 264 g/mol. The van der Waals surface area contributed by atoms with Gasteiger partial charge in [0.1, 0.15) is 0 Å². The number of rotatable bonds is 3. The highest BCUT2D eigenvalue weighted by molar-refractivity contribution is 6.30. The van der Waals surface area contributed by atoms with Crippen LogP contribution in [0.5, 0.6) is 0 Å². The molecular formula is C15H19ClO3. The molecule has 1 saturated heterocycles. The minimum Gasteiger partial charge on any atom is -0.481 e. The van der Waals surface area contributed by atoms with Gasteiger partial charge in [-0.1, -0.05) is 23.7 Å². The van der Waals surface area contributed by atoms with Gasteiger partial charge >= 0.3 is 5.97 Å². The van der Waals surface area contributed by atoms with Gasteiger partial charge in [0.15, 0.2) is 0 Å². The van der Waals surface area contributed by atoms with Crippen LogP contribution in [0.25, 0.3) is 0 Å². The van der Waals surface area contributed by atoms with Crippen molar-refractivity contribution in [3.63, 3.8) is 0 Å². The van der Waals surface area contributed by atoms with Gasteiger partial charge in [0.05, 0.1) is 12.0 Å². The molecule has 2 rings (SSSR count). The fourth-order valence-corrected chi connectivity index (χ4v) is 3.20. The Balaban J connectivity index is 2.39. The van der Waals surface area contributed by atoms with Gasteiger partial charge in [0.25, 0.3) is 0 Å². The number of benzene rings is 1. The molecule has 1 aliphatic heterocycles. The highest BCUT2D eigenvalue weighted by Gasteiger charge is 2.43. The van der Waals surface area contributed by atoms with Crippen molar-refractivity contribution in [2.24, 2.45) is 0 Å². The van der Waals surface area contributed by atoms with Crippen molar-refractivity contribution in [2.75, 3.05) is 6.61 Å². The standard InChI is InChI=1S/C15H19ClO3/c1-14(2)10-15(7-8-19-14,9-13(17)18)11-3-5-12(16)6-4-11/h3-6H,7-10H2,1-2H3,(H,17,18)/t15-/m1/s1. The van der Waals surface area contributed by atoms with Crippen LogP contribution in [0.1, 0.15) is 38.7 Å². The van der Waals surface area contributed by atoms with Crippen LogP contribution in [0.15, 0.2) is 24.3 Å². The van der Waals surface area contributed by atoms with Gasteiger partial charge in [-0.25, -0.2) is 0 Å². The predicted molar refractivity (Wildman–Crippen MR) is 74.6 cm³/mol. The van der Waals surface area contributed by atoms with Gasteiger partial charge in [-0.15, -0.1) is 0 Å². The number of carbonyl (C=O) groups is 1. The van der Waals surface area contributed by atoms with Crippen LogP contribution >= 0.6 is 11.6 Å². The van der Waals surface area contributed by atoms with Crippen LogP contribution in [-0.4, -0.2) is 23.3 Å². The van der Waals surface area contributed by atoms with Gasteiger partial charge in [0, 0.05) is 17.0 Å². The number of hydrogen-bond acceptors (Lipinski definition) is 2. The van der Waals surface area contributed by atoms with E-state index in [1.807, 2.05) is 38.1 Å². The highest BCUT2D eigenvalue weighted by Crippen LogP contribution is 2.44. The molecule has 0 aromatic heterocycles. The lowest BCUT2D eigenvalue weighted by molar-refractivity contribution is -0.142. The van der Waals surface area contributed by atoms with Gasteiger partial charge in [-0.05, 0) is 44.4 Å². The number of hydrogen-bond donors (Lipinski definition) is 1. The SMILES string of the molecule is CC1(C)C[C@@](CC(=O)O)(c2ccc(Cl)cc2)CCO1. The second kappa shape index (κ2) is 5.14. The minimum absolute atomic E-state index is 0.126. The average Bonchev–Trinajstić information content (AvgIpc) is 2.27. The van der Waals surface area contributed by atoms with Crippen molar-refractivity contribution in [3.05, 3.63) is 34.9 Å². The molecule has 3 nitrogen and oxygen atoms in total. The molecule has 0 radical (unpaired) electrons. The van der Waals surface area contributed by atoms with Crippen molar-refractivity contribution < 1.29 is 14.6 Å². The molecule has 0 spiro atoms. The first-order valence-electron chi connectivity index (χ1n) is 6.45. The maximum absolute atomic E-state index is 11.3. The zero-order valence-electron chi connectivity index (χ0n) is 11.3. The summed E-state index contributed by atoms with van der Waals surface area (Å²) in [5, 5.41) is 9.92. The lowest BCUT2D eigenvalue weighted by Gasteiger charge is -2.44. The molecule has 0 aliphatic carbocycles. The molecule has 1 N–H and O–H groups in total. The van der Waals surface area contributed by atoms with E-state index in [4.69, 9.17) is 16.3 Å². The Morgan fingerprint density at radius 1 is 1.37 bits per heavy atom. The Hall–Kier alpha value is -1.06. The topological polar surface area (TPSA) is 46.5 Å². The Morgan fingerprint density at radius 2 is 2.00 bits per heavy atom. The van der Waals surface area contributed by atoms with E-state index >= 15 is 0 Å². The molecule has 19 heavy (non-hydrogen) atoms. The second-order valence-electron chi connectivity index (χ2n) is 5.89. The van der Waals surface area contributed by atoms with E-state index in [-0.39, 0.29) is 17.4 Å². The van der Waals surface area contributed by atoms with E-state index in [1.54, 1.807) is 0 Å². The lowest BCUT2D eigenvalue weighted by Crippen LogP contribution is -2.45. The lowest BCUT2D eigenvalue weighted by atomic mass is 9.67. The first-order chi connectivity index (χ1) is 8.83. The Labute approximate surface area is 118 Å². The molecule has 1 aliphatic rings. The first-order valence-corrected chi connectivity index (χ1v) is 6.83. The largest absolute Gasteiger partial charge is 0.481 e. The summed E-state index contributed by atoms with van der Waals surface area (Å²) in [5.74, 6) is -0.771. The van der Waals surface area contributed by atoms with Gasteiger partial charge in [0.2, 0.25) is 0 Å².